The molecule has 19 heavy (non-hydrogen) atoms. The van der Waals surface area contributed by atoms with Crippen molar-refractivity contribution in [1.29, 1.82) is 0 Å². The third-order valence-corrected chi connectivity index (χ3v) is 2.22. The Kier molecular flexibility index (Phi) is 5.11. The second kappa shape index (κ2) is 6.58. The summed E-state index contributed by atoms with van der Waals surface area (Å²) >= 11 is 0. The topological polar surface area (TPSA) is 72.2 Å². The van der Waals surface area contributed by atoms with E-state index in [9.17, 15) is 23.7 Å². The number of benzene rings is 1. The van der Waals surface area contributed by atoms with Gasteiger partial charge in [-0.2, -0.15) is 4.39 Å². The number of carbonyl (C=O) groups excluding carboxylic acids is 1. The average molecular weight is 270 g/mol. The zero-order valence-electron chi connectivity index (χ0n) is 10.2. The van der Waals surface area contributed by atoms with Gasteiger partial charge in [0.25, 0.3) is 0 Å². The molecular weight excluding hydrogens is 258 g/mol. The van der Waals surface area contributed by atoms with Crippen LogP contribution in [-0.2, 0) is 4.79 Å². The molecule has 0 atom stereocenters. The lowest BCUT2D eigenvalue weighted by atomic mass is 10.1. The molecule has 0 spiro atoms. The van der Waals surface area contributed by atoms with Gasteiger partial charge in [0.05, 0.1) is 10.5 Å². The van der Waals surface area contributed by atoms with E-state index in [1.807, 2.05) is 0 Å². The lowest BCUT2D eigenvalue weighted by Gasteiger charge is -2.00. The minimum atomic E-state index is -1.22. The van der Waals surface area contributed by atoms with Gasteiger partial charge in [-0.3, -0.25) is 14.9 Å². The van der Waals surface area contributed by atoms with E-state index in [-0.39, 0.29) is 11.5 Å². The average Bonchev–Trinajstić information content (AvgIpc) is 2.26. The van der Waals surface area contributed by atoms with Crippen molar-refractivity contribution in [3.63, 3.8) is 0 Å². The molecule has 0 aliphatic carbocycles. The first-order chi connectivity index (χ1) is 8.91. The molecule has 0 bridgehead atoms. The highest BCUT2D eigenvalue weighted by Crippen LogP contribution is 2.25. The summed E-state index contributed by atoms with van der Waals surface area (Å²) in [5.41, 5.74) is -0.914. The highest BCUT2D eigenvalue weighted by molar-refractivity contribution is 5.72. The molecule has 7 heteroatoms. The van der Waals surface area contributed by atoms with Crippen LogP contribution in [0.5, 0.6) is 0 Å². The minimum absolute atomic E-state index is 0.148. The molecule has 0 fully saturated rings. The second-order valence-electron chi connectivity index (χ2n) is 3.76. The van der Waals surface area contributed by atoms with E-state index in [0.29, 0.717) is 19.0 Å². The maximum atomic E-state index is 13.3. The highest BCUT2D eigenvalue weighted by atomic mass is 19.1. The first kappa shape index (κ1) is 14.7. The fraction of sp³-hybridized carbons (Fsp3) is 0.250. The predicted octanol–water partition coefficient (Wildman–Crippen LogP) is 2.41. The van der Waals surface area contributed by atoms with Gasteiger partial charge in [-0.1, -0.05) is 12.2 Å². The molecule has 0 unspecified atom stereocenters. The van der Waals surface area contributed by atoms with Crippen LogP contribution in [0.25, 0.3) is 6.08 Å². The molecular formula is C12H12F2N2O3. The highest BCUT2D eigenvalue weighted by Gasteiger charge is 2.19. The van der Waals surface area contributed by atoms with Crippen LogP contribution in [0.4, 0.5) is 14.5 Å². The lowest BCUT2D eigenvalue weighted by Crippen LogP contribution is -2.20. The molecule has 0 heterocycles. The van der Waals surface area contributed by atoms with Crippen molar-refractivity contribution in [1.82, 2.24) is 5.32 Å². The third-order valence-electron chi connectivity index (χ3n) is 2.22. The number of hydrogen-bond donors (Lipinski definition) is 1. The molecule has 0 saturated heterocycles. The van der Waals surface area contributed by atoms with Crippen LogP contribution in [0, 0.1) is 21.7 Å². The molecule has 0 aliphatic rings. The van der Waals surface area contributed by atoms with Crippen molar-refractivity contribution >= 4 is 17.7 Å². The van der Waals surface area contributed by atoms with E-state index in [0.717, 1.165) is 6.07 Å². The Morgan fingerprint density at radius 3 is 2.74 bits per heavy atom. The second-order valence-corrected chi connectivity index (χ2v) is 3.76. The number of nitro benzene ring substituents is 1. The molecule has 102 valence electrons. The van der Waals surface area contributed by atoms with E-state index in [1.54, 1.807) is 0 Å². The Labute approximate surface area is 108 Å². The third kappa shape index (κ3) is 4.46. The quantitative estimate of drug-likeness (QED) is 0.507. The molecule has 1 N–H and O–H groups in total. The zero-order valence-corrected chi connectivity index (χ0v) is 10.2. The van der Waals surface area contributed by atoms with Crippen molar-refractivity contribution in [2.24, 2.45) is 0 Å². The number of carbonyl (C=O) groups is 1. The maximum Gasteiger partial charge on any atom is 0.312 e. The molecule has 0 saturated carbocycles. The molecule has 1 aromatic carbocycles. The minimum Gasteiger partial charge on any atom is -0.356 e. The summed E-state index contributed by atoms with van der Waals surface area (Å²) in [7, 11) is 0. The fourth-order valence-electron chi connectivity index (χ4n) is 1.45. The van der Waals surface area contributed by atoms with Crippen LogP contribution < -0.4 is 5.32 Å². The Morgan fingerprint density at radius 2 is 2.16 bits per heavy atom. The Balaban J connectivity index is 2.85. The molecule has 5 nitrogen and oxygen atoms in total. The van der Waals surface area contributed by atoms with Gasteiger partial charge in [0.15, 0.2) is 0 Å². The summed E-state index contributed by atoms with van der Waals surface area (Å²) in [5.74, 6) is -2.30. The molecule has 0 radical (unpaired) electrons. The van der Waals surface area contributed by atoms with Gasteiger partial charge in [-0.05, 0) is 12.5 Å². The summed E-state index contributed by atoms with van der Waals surface area (Å²) in [6.07, 6.45) is 3.15. The normalized spacial score (nSPS) is 10.7. The summed E-state index contributed by atoms with van der Waals surface area (Å²) in [5, 5.41) is 13.2. The maximum absolute atomic E-state index is 13.3. The molecule has 0 aromatic heterocycles. The Bertz CT molecular complexity index is 530. The van der Waals surface area contributed by atoms with Crippen molar-refractivity contribution in [3.05, 3.63) is 45.5 Å². The molecule has 1 rings (SSSR count). The summed E-state index contributed by atoms with van der Waals surface area (Å²) in [6.45, 7) is 1.70. The summed E-state index contributed by atoms with van der Waals surface area (Å²) < 4.78 is 26.3. The van der Waals surface area contributed by atoms with Crippen LogP contribution in [-0.4, -0.2) is 17.4 Å². The largest absolute Gasteiger partial charge is 0.356 e. The first-order valence-electron chi connectivity index (χ1n) is 5.46. The Hall–Kier alpha value is -2.31. The number of halogens is 2. The zero-order chi connectivity index (χ0) is 14.4. The summed E-state index contributed by atoms with van der Waals surface area (Å²) in [6, 6.07) is 1.35. The van der Waals surface area contributed by atoms with Gasteiger partial charge in [0.2, 0.25) is 11.7 Å². The van der Waals surface area contributed by atoms with E-state index >= 15 is 0 Å². The van der Waals surface area contributed by atoms with Gasteiger partial charge in [-0.15, -0.1) is 0 Å². The lowest BCUT2D eigenvalue weighted by molar-refractivity contribution is -0.387. The SMILES string of the molecule is CC(=O)NCCC=Cc1cc(F)cc(F)c1[N+](=O)[O-]. The fourth-order valence-corrected chi connectivity index (χ4v) is 1.45. The van der Waals surface area contributed by atoms with Crippen molar-refractivity contribution in [2.75, 3.05) is 6.54 Å². The van der Waals surface area contributed by atoms with Gasteiger partial charge >= 0.3 is 5.69 Å². The number of hydrogen-bond acceptors (Lipinski definition) is 3. The monoisotopic (exact) mass is 270 g/mol. The Morgan fingerprint density at radius 1 is 1.47 bits per heavy atom. The number of nitrogens with one attached hydrogen (secondary N) is 1. The number of amides is 1. The van der Waals surface area contributed by atoms with Gasteiger partial charge in [0.1, 0.15) is 5.82 Å². The van der Waals surface area contributed by atoms with Crippen LogP contribution in [0.1, 0.15) is 18.9 Å². The van der Waals surface area contributed by atoms with Crippen molar-refractivity contribution in [2.45, 2.75) is 13.3 Å². The van der Waals surface area contributed by atoms with E-state index in [1.165, 1.54) is 19.1 Å². The van der Waals surface area contributed by atoms with Gasteiger partial charge in [0, 0.05) is 19.5 Å². The van der Waals surface area contributed by atoms with E-state index in [2.05, 4.69) is 5.32 Å². The standard InChI is InChI=1S/C12H12F2N2O3/c1-8(17)15-5-3-2-4-9-6-10(13)7-11(14)12(9)16(18)19/h2,4,6-7H,3,5H2,1H3,(H,15,17). The molecule has 1 amide bonds. The van der Waals surface area contributed by atoms with Crippen LogP contribution >= 0.6 is 0 Å². The number of nitrogens with zero attached hydrogens (tertiary/aromatic N) is 1. The number of nitro groups is 1. The van der Waals surface area contributed by atoms with Gasteiger partial charge in [-0.25, -0.2) is 4.39 Å². The van der Waals surface area contributed by atoms with Crippen LogP contribution in [0.3, 0.4) is 0 Å². The van der Waals surface area contributed by atoms with E-state index < -0.39 is 22.2 Å². The smallest absolute Gasteiger partial charge is 0.312 e. The van der Waals surface area contributed by atoms with Gasteiger partial charge < -0.3 is 5.32 Å². The molecule has 0 aliphatic heterocycles. The summed E-state index contributed by atoms with van der Waals surface area (Å²) in [4.78, 5) is 20.4. The first-order valence-corrected chi connectivity index (χ1v) is 5.46. The van der Waals surface area contributed by atoms with Crippen molar-refractivity contribution in [3.8, 4) is 0 Å². The number of rotatable bonds is 5. The van der Waals surface area contributed by atoms with Crippen LogP contribution in [0.15, 0.2) is 18.2 Å². The van der Waals surface area contributed by atoms with Crippen LogP contribution in [0.2, 0.25) is 0 Å². The van der Waals surface area contributed by atoms with Crippen molar-refractivity contribution < 1.29 is 18.5 Å². The predicted molar refractivity (Wildman–Crippen MR) is 65.3 cm³/mol. The molecule has 1 aromatic rings. The van der Waals surface area contributed by atoms with E-state index in [4.69, 9.17) is 0 Å².